The Hall–Kier alpha value is 0. The van der Waals surface area contributed by atoms with E-state index in [0.29, 0.717) is 0 Å². The lowest BCUT2D eigenvalue weighted by Gasteiger charge is -2.23. The van der Waals surface area contributed by atoms with Crippen LogP contribution < -0.4 is 0 Å². The standard InChI is InChI=1S/C10H16/c1-3-7(2)4-8-9-5-10(8,9)6-9/h7-8H,3-6H2,1-2H3. The zero-order chi connectivity index (χ0) is 6.98. The van der Waals surface area contributed by atoms with Gasteiger partial charge in [-0.3, -0.25) is 0 Å². The van der Waals surface area contributed by atoms with E-state index in [1.807, 2.05) is 0 Å². The van der Waals surface area contributed by atoms with Crippen molar-refractivity contribution in [2.75, 3.05) is 0 Å². The zero-order valence-electron chi connectivity index (χ0n) is 6.98. The largest absolute Gasteiger partial charge is 0.0651 e. The average molecular weight is 136 g/mol. The summed E-state index contributed by atoms with van der Waals surface area (Å²) in [7, 11) is 0. The van der Waals surface area contributed by atoms with E-state index in [2.05, 4.69) is 13.8 Å². The minimum Gasteiger partial charge on any atom is -0.0651 e. The number of hydrogen-bond acceptors (Lipinski definition) is 0. The van der Waals surface area contributed by atoms with Crippen LogP contribution in [0, 0.1) is 22.7 Å². The van der Waals surface area contributed by atoms with Crippen molar-refractivity contribution in [1.82, 2.24) is 0 Å². The van der Waals surface area contributed by atoms with E-state index in [0.717, 1.165) is 16.7 Å². The van der Waals surface area contributed by atoms with Crippen LogP contribution in [-0.4, -0.2) is 0 Å². The highest BCUT2D eigenvalue weighted by molar-refractivity contribution is 5.51. The molecule has 0 saturated heterocycles. The van der Waals surface area contributed by atoms with E-state index in [-0.39, 0.29) is 0 Å². The average Bonchev–Trinajstić information content (AvgIpc) is 2.69. The van der Waals surface area contributed by atoms with Crippen molar-refractivity contribution in [2.45, 2.75) is 39.5 Å². The Morgan fingerprint density at radius 2 is 2.00 bits per heavy atom. The van der Waals surface area contributed by atoms with E-state index in [9.17, 15) is 0 Å². The summed E-state index contributed by atoms with van der Waals surface area (Å²) in [5.74, 6) is 2.22. The second-order valence-electron chi connectivity index (χ2n) is 4.97. The fraction of sp³-hybridized carbons (Fsp3) is 1.00. The van der Waals surface area contributed by atoms with Crippen LogP contribution in [0.4, 0.5) is 0 Å². The molecule has 0 heteroatoms. The van der Waals surface area contributed by atoms with Crippen molar-refractivity contribution < 1.29 is 0 Å². The molecule has 0 aromatic rings. The predicted molar refractivity (Wildman–Crippen MR) is 41.7 cm³/mol. The Morgan fingerprint density at radius 3 is 2.30 bits per heavy atom. The second-order valence-corrected chi connectivity index (χ2v) is 4.97. The molecular formula is C10H16. The molecule has 0 heterocycles. The van der Waals surface area contributed by atoms with Crippen molar-refractivity contribution in [1.29, 1.82) is 0 Å². The molecule has 0 aromatic heterocycles. The van der Waals surface area contributed by atoms with E-state index in [1.165, 1.54) is 12.3 Å². The summed E-state index contributed by atoms with van der Waals surface area (Å²) >= 11 is 0. The van der Waals surface area contributed by atoms with Crippen LogP contribution >= 0.6 is 0 Å². The van der Waals surface area contributed by atoms with Gasteiger partial charge in [0.15, 0.2) is 0 Å². The lowest BCUT2D eigenvalue weighted by molar-refractivity contribution is 0.265. The molecule has 56 valence electrons. The maximum absolute atomic E-state index is 2.41. The van der Waals surface area contributed by atoms with Crippen molar-refractivity contribution in [2.24, 2.45) is 22.7 Å². The molecule has 0 spiro atoms. The molecule has 3 aliphatic rings. The van der Waals surface area contributed by atoms with E-state index in [1.54, 1.807) is 19.3 Å². The molecule has 0 aromatic carbocycles. The first kappa shape index (κ1) is 5.62. The number of rotatable bonds is 3. The monoisotopic (exact) mass is 136 g/mol. The molecule has 10 heavy (non-hydrogen) atoms. The fourth-order valence-electron chi connectivity index (χ4n) is 3.08. The third-order valence-electron chi connectivity index (χ3n) is 4.59. The molecule has 3 aliphatic carbocycles. The van der Waals surface area contributed by atoms with Gasteiger partial charge >= 0.3 is 0 Å². The summed E-state index contributed by atoms with van der Waals surface area (Å²) in [4.78, 5) is 0. The highest BCUT2D eigenvalue weighted by atomic mass is 15.1. The van der Waals surface area contributed by atoms with Crippen LogP contribution in [0.5, 0.6) is 0 Å². The molecular weight excluding hydrogens is 120 g/mol. The maximum Gasteiger partial charge on any atom is -0.0193 e. The summed E-state index contributed by atoms with van der Waals surface area (Å²) in [5, 5.41) is 0. The van der Waals surface area contributed by atoms with Gasteiger partial charge in [0.1, 0.15) is 0 Å². The smallest absolute Gasteiger partial charge is 0.0193 e. The third-order valence-corrected chi connectivity index (χ3v) is 4.59. The second kappa shape index (κ2) is 1.19. The Labute approximate surface area is 63.0 Å². The molecule has 3 rings (SSSR count). The van der Waals surface area contributed by atoms with Crippen LogP contribution in [0.3, 0.4) is 0 Å². The van der Waals surface area contributed by atoms with Crippen LogP contribution in [0.2, 0.25) is 0 Å². The molecule has 0 aliphatic heterocycles. The van der Waals surface area contributed by atoms with Crippen molar-refractivity contribution >= 4 is 0 Å². The Kier molecular flexibility index (Phi) is 0.669. The molecule has 1 atom stereocenters. The zero-order valence-corrected chi connectivity index (χ0v) is 6.98. The molecule has 1 unspecified atom stereocenters. The lowest BCUT2D eigenvalue weighted by atomic mass is 9.81. The molecule has 0 amide bonds. The maximum atomic E-state index is 2.41. The van der Waals surface area contributed by atoms with Crippen LogP contribution in [-0.2, 0) is 0 Å². The normalized spacial score (nSPS) is 62.4. The first-order chi connectivity index (χ1) is 4.75. The van der Waals surface area contributed by atoms with E-state index in [4.69, 9.17) is 0 Å². The van der Waals surface area contributed by atoms with Gasteiger partial charge in [0.2, 0.25) is 0 Å². The van der Waals surface area contributed by atoms with Crippen molar-refractivity contribution in [3.8, 4) is 0 Å². The predicted octanol–water partition coefficient (Wildman–Crippen LogP) is 2.83. The minimum atomic E-state index is 1.01. The first-order valence-electron chi connectivity index (χ1n) is 4.75. The topological polar surface area (TPSA) is 0 Å². The van der Waals surface area contributed by atoms with Gasteiger partial charge in [-0.05, 0) is 41.9 Å². The molecule has 3 saturated carbocycles. The van der Waals surface area contributed by atoms with Gasteiger partial charge in [-0.1, -0.05) is 20.3 Å². The van der Waals surface area contributed by atoms with Gasteiger partial charge in [-0.15, -0.1) is 0 Å². The van der Waals surface area contributed by atoms with Crippen molar-refractivity contribution in [3.05, 3.63) is 0 Å². The third kappa shape index (κ3) is 0.360. The molecule has 0 N–H and O–H groups in total. The molecule has 0 radical (unpaired) electrons. The first-order valence-corrected chi connectivity index (χ1v) is 4.75. The van der Waals surface area contributed by atoms with Gasteiger partial charge in [-0.25, -0.2) is 0 Å². The Morgan fingerprint density at radius 1 is 1.40 bits per heavy atom. The molecule has 3 fully saturated rings. The fourth-order valence-corrected chi connectivity index (χ4v) is 3.08. The Bertz CT molecular complexity index is 172. The summed E-state index contributed by atoms with van der Waals surface area (Å²) in [6.45, 7) is 4.73. The van der Waals surface area contributed by atoms with Crippen LogP contribution in [0.15, 0.2) is 0 Å². The van der Waals surface area contributed by atoms with E-state index >= 15 is 0 Å². The summed E-state index contributed by atoms with van der Waals surface area (Å²) in [5.41, 5.74) is 2.02. The van der Waals surface area contributed by atoms with Gasteiger partial charge in [0.25, 0.3) is 0 Å². The lowest BCUT2D eigenvalue weighted by Crippen LogP contribution is -2.14. The van der Waals surface area contributed by atoms with Gasteiger partial charge in [-0.2, -0.15) is 0 Å². The summed E-state index contributed by atoms with van der Waals surface area (Å²) < 4.78 is 0. The van der Waals surface area contributed by atoms with Gasteiger partial charge in [0, 0.05) is 0 Å². The summed E-state index contributed by atoms with van der Waals surface area (Å²) in [6, 6.07) is 0. The highest BCUT2D eigenvalue weighted by Gasteiger charge is 3.03. The van der Waals surface area contributed by atoms with E-state index < -0.39 is 0 Å². The molecule has 0 bridgehead atoms. The SMILES string of the molecule is CCC(C)CC1C23CC12C3. The minimum absolute atomic E-state index is 1.01. The summed E-state index contributed by atoms with van der Waals surface area (Å²) in [6.07, 6.45) is 6.20. The van der Waals surface area contributed by atoms with Crippen LogP contribution in [0.25, 0.3) is 0 Å². The highest BCUT2D eigenvalue weighted by Crippen LogP contribution is 3.10. The van der Waals surface area contributed by atoms with Gasteiger partial charge < -0.3 is 0 Å². The van der Waals surface area contributed by atoms with Crippen LogP contribution in [0.1, 0.15) is 39.5 Å². The molecule has 0 nitrogen and oxygen atoms in total. The van der Waals surface area contributed by atoms with Crippen molar-refractivity contribution in [3.63, 3.8) is 0 Å². The Balaban J connectivity index is 1.56. The quantitative estimate of drug-likeness (QED) is 0.559. The van der Waals surface area contributed by atoms with Gasteiger partial charge in [0.05, 0.1) is 0 Å². The number of hydrogen-bond donors (Lipinski definition) is 0.